The van der Waals surface area contributed by atoms with Gasteiger partial charge in [-0.2, -0.15) is 0 Å². The molecule has 0 spiro atoms. The zero-order valence-electron chi connectivity index (χ0n) is 11.4. The number of hydrogen-bond acceptors (Lipinski definition) is 4. The zero-order chi connectivity index (χ0) is 14.7. The minimum atomic E-state index is -0.381. The van der Waals surface area contributed by atoms with Crippen LogP contribution < -0.4 is 10.6 Å². The van der Waals surface area contributed by atoms with Crippen LogP contribution in [0.5, 0.6) is 0 Å². The summed E-state index contributed by atoms with van der Waals surface area (Å²) < 4.78 is 0. The molecule has 3 rings (SSSR count). The van der Waals surface area contributed by atoms with Crippen molar-refractivity contribution in [1.29, 1.82) is 0 Å². The van der Waals surface area contributed by atoms with Crippen molar-refractivity contribution in [2.75, 3.05) is 10.6 Å². The molecular weight excluding hydrogens is 266 g/mol. The van der Waals surface area contributed by atoms with Gasteiger partial charge in [-0.25, -0.2) is 14.8 Å². The highest BCUT2D eigenvalue weighted by molar-refractivity contribution is 6.00. The normalized spacial score (nSPS) is 10.3. The predicted molar refractivity (Wildman–Crippen MR) is 81.2 cm³/mol. The van der Waals surface area contributed by atoms with E-state index in [1.807, 2.05) is 31.2 Å². The van der Waals surface area contributed by atoms with E-state index in [1.165, 1.54) is 0 Å². The summed E-state index contributed by atoms with van der Waals surface area (Å²) in [6.45, 7) is 1.84. The first-order valence-corrected chi connectivity index (χ1v) is 6.42. The van der Waals surface area contributed by atoms with Gasteiger partial charge in [-0.15, -0.1) is 0 Å². The number of pyridine rings is 1. The minimum Gasteiger partial charge on any atom is -0.308 e. The SMILES string of the molecule is Cc1ccnc(NC(=O)Nc2ccc3cnccc3c2)n1. The lowest BCUT2D eigenvalue weighted by atomic mass is 10.1. The highest BCUT2D eigenvalue weighted by atomic mass is 16.2. The van der Waals surface area contributed by atoms with Crippen LogP contribution in [0, 0.1) is 6.92 Å². The van der Waals surface area contributed by atoms with Crippen molar-refractivity contribution in [3.05, 3.63) is 54.6 Å². The molecular formula is C15H13N5O. The fraction of sp³-hybridized carbons (Fsp3) is 0.0667. The van der Waals surface area contributed by atoms with E-state index in [0.29, 0.717) is 5.69 Å². The number of hydrogen-bond donors (Lipinski definition) is 2. The number of benzene rings is 1. The number of rotatable bonds is 2. The van der Waals surface area contributed by atoms with E-state index in [9.17, 15) is 4.79 Å². The average Bonchev–Trinajstić information content (AvgIpc) is 2.47. The van der Waals surface area contributed by atoms with Crippen molar-refractivity contribution in [1.82, 2.24) is 15.0 Å². The van der Waals surface area contributed by atoms with E-state index in [1.54, 1.807) is 24.7 Å². The molecule has 0 aliphatic rings. The predicted octanol–water partition coefficient (Wildman–Crippen LogP) is 2.98. The maximum Gasteiger partial charge on any atom is 0.326 e. The van der Waals surface area contributed by atoms with E-state index >= 15 is 0 Å². The van der Waals surface area contributed by atoms with Crippen LogP contribution >= 0.6 is 0 Å². The molecule has 0 aliphatic carbocycles. The van der Waals surface area contributed by atoms with Crippen molar-refractivity contribution in [2.45, 2.75) is 6.92 Å². The standard InChI is InChI=1S/C15H13N5O/c1-10-4-7-17-14(18-10)20-15(21)19-13-3-2-12-9-16-6-5-11(12)8-13/h2-9H,1H3,(H2,17,18,19,20,21). The number of carbonyl (C=O) groups excluding carboxylic acids is 1. The molecule has 6 heteroatoms. The van der Waals surface area contributed by atoms with Gasteiger partial charge in [0.05, 0.1) is 0 Å². The number of nitrogens with one attached hydrogen (secondary N) is 2. The Labute approximate surface area is 121 Å². The molecule has 0 unspecified atom stereocenters. The summed E-state index contributed by atoms with van der Waals surface area (Å²) in [4.78, 5) is 24.1. The Morgan fingerprint density at radius 2 is 1.95 bits per heavy atom. The summed E-state index contributed by atoms with van der Waals surface area (Å²) in [5.74, 6) is 0.275. The third kappa shape index (κ3) is 3.11. The maximum atomic E-state index is 11.9. The molecule has 6 nitrogen and oxygen atoms in total. The second-order valence-electron chi connectivity index (χ2n) is 4.54. The van der Waals surface area contributed by atoms with Gasteiger partial charge in [-0.05, 0) is 36.6 Å². The molecule has 0 radical (unpaired) electrons. The van der Waals surface area contributed by atoms with Gasteiger partial charge in [0, 0.05) is 35.4 Å². The van der Waals surface area contributed by atoms with Crippen molar-refractivity contribution in [3.8, 4) is 0 Å². The van der Waals surface area contributed by atoms with Crippen molar-refractivity contribution >= 4 is 28.4 Å². The largest absolute Gasteiger partial charge is 0.326 e. The Balaban J connectivity index is 1.74. The molecule has 0 bridgehead atoms. The quantitative estimate of drug-likeness (QED) is 0.755. The number of aryl methyl sites for hydroxylation is 1. The molecule has 0 aliphatic heterocycles. The zero-order valence-corrected chi connectivity index (χ0v) is 11.4. The lowest BCUT2D eigenvalue weighted by molar-refractivity contribution is 0.262. The van der Waals surface area contributed by atoms with Gasteiger partial charge < -0.3 is 5.32 Å². The van der Waals surface area contributed by atoms with Crippen LogP contribution in [0.25, 0.3) is 10.8 Å². The second kappa shape index (κ2) is 5.54. The number of carbonyl (C=O) groups is 1. The fourth-order valence-corrected chi connectivity index (χ4v) is 1.93. The van der Waals surface area contributed by atoms with Gasteiger partial charge in [-0.1, -0.05) is 6.07 Å². The first-order valence-electron chi connectivity index (χ1n) is 6.42. The molecule has 0 saturated carbocycles. The summed E-state index contributed by atoms with van der Waals surface area (Å²) in [5.41, 5.74) is 1.48. The van der Waals surface area contributed by atoms with Crippen molar-refractivity contribution < 1.29 is 4.79 Å². The number of anilines is 2. The van der Waals surface area contributed by atoms with Gasteiger partial charge in [0.25, 0.3) is 0 Å². The molecule has 2 amide bonds. The van der Waals surface area contributed by atoms with Crippen molar-refractivity contribution in [2.24, 2.45) is 0 Å². The van der Waals surface area contributed by atoms with Gasteiger partial charge in [0.2, 0.25) is 5.95 Å². The third-order valence-corrected chi connectivity index (χ3v) is 2.92. The number of nitrogens with zero attached hydrogens (tertiary/aromatic N) is 3. The third-order valence-electron chi connectivity index (χ3n) is 2.92. The topological polar surface area (TPSA) is 79.8 Å². The molecule has 2 aromatic heterocycles. The van der Waals surface area contributed by atoms with Crippen LogP contribution in [-0.2, 0) is 0 Å². The Morgan fingerprint density at radius 3 is 2.81 bits per heavy atom. The van der Waals surface area contributed by atoms with Gasteiger partial charge in [0.15, 0.2) is 0 Å². The summed E-state index contributed by atoms with van der Waals surface area (Å²) in [6, 6.07) is 8.88. The molecule has 3 aromatic rings. The Morgan fingerprint density at radius 1 is 1.05 bits per heavy atom. The summed E-state index contributed by atoms with van der Waals surface area (Å²) >= 11 is 0. The summed E-state index contributed by atoms with van der Waals surface area (Å²) in [7, 11) is 0. The first-order chi connectivity index (χ1) is 10.2. The van der Waals surface area contributed by atoms with E-state index < -0.39 is 0 Å². The van der Waals surface area contributed by atoms with E-state index in [-0.39, 0.29) is 12.0 Å². The first kappa shape index (κ1) is 13.0. The molecule has 2 heterocycles. The van der Waals surface area contributed by atoms with Crippen LogP contribution in [0.2, 0.25) is 0 Å². The summed E-state index contributed by atoms with van der Waals surface area (Å²) in [6.07, 6.45) is 5.09. The van der Waals surface area contributed by atoms with Crippen LogP contribution in [0.4, 0.5) is 16.4 Å². The summed E-state index contributed by atoms with van der Waals surface area (Å²) in [5, 5.41) is 7.37. The Kier molecular flexibility index (Phi) is 3.42. The lowest BCUT2D eigenvalue weighted by Crippen LogP contribution is -2.20. The Hall–Kier alpha value is -3.02. The van der Waals surface area contributed by atoms with Crippen LogP contribution in [0.3, 0.4) is 0 Å². The maximum absolute atomic E-state index is 11.9. The van der Waals surface area contributed by atoms with Crippen LogP contribution in [0.1, 0.15) is 5.69 Å². The molecule has 0 fully saturated rings. The molecule has 21 heavy (non-hydrogen) atoms. The van der Waals surface area contributed by atoms with Crippen molar-refractivity contribution in [3.63, 3.8) is 0 Å². The minimum absolute atomic E-state index is 0.275. The molecule has 0 saturated heterocycles. The smallest absolute Gasteiger partial charge is 0.308 e. The number of amides is 2. The van der Waals surface area contributed by atoms with E-state index in [2.05, 4.69) is 25.6 Å². The highest BCUT2D eigenvalue weighted by Crippen LogP contribution is 2.18. The van der Waals surface area contributed by atoms with E-state index in [0.717, 1.165) is 16.5 Å². The monoisotopic (exact) mass is 279 g/mol. The fourth-order valence-electron chi connectivity index (χ4n) is 1.93. The van der Waals surface area contributed by atoms with Gasteiger partial charge in [0.1, 0.15) is 0 Å². The van der Waals surface area contributed by atoms with Crippen LogP contribution in [-0.4, -0.2) is 21.0 Å². The van der Waals surface area contributed by atoms with E-state index in [4.69, 9.17) is 0 Å². The highest BCUT2D eigenvalue weighted by Gasteiger charge is 2.05. The molecule has 0 atom stereocenters. The van der Waals surface area contributed by atoms with Gasteiger partial charge >= 0.3 is 6.03 Å². The second-order valence-corrected chi connectivity index (χ2v) is 4.54. The average molecular weight is 279 g/mol. The number of aromatic nitrogens is 3. The molecule has 2 N–H and O–H groups in total. The van der Waals surface area contributed by atoms with Gasteiger partial charge in [-0.3, -0.25) is 10.3 Å². The van der Waals surface area contributed by atoms with Crippen LogP contribution in [0.15, 0.2) is 48.9 Å². The Bertz CT molecular complexity index is 803. The number of urea groups is 1. The molecule has 104 valence electrons. The lowest BCUT2D eigenvalue weighted by Gasteiger charge is -2.07. The number of fused-ring (bicyclic) bond motifs is 1. The molecule has 1 aromatic carbocycles.